The molecule has 2 aromatic rings. The van der Waals surface area contributed by atoms with Crippen LogP contribution >= 0.6 is 0 Å². The van der Waals surface area contributed by atoms with Gasteiger partial charge in [-0.15, -0.1) is 0 Å². The number of ether oxygens (including phenoxy) is 2. The van der Waals surface area contributed by atoms with Crippen LogP contribution in [0.4, 0.5) is 5.69 Å². The number of hydrogen-bond acceptors (Lipinski definition) is 4. The summed E-state index contributed by atoms with van der Waals surface area (Å²) in [5, 5.41) is 4.41. The van der Waals surface area contributed by atoms with Crippen molar-refractivity contribution in [1.82, 2.24) is 9.78 Å². The third-order valence-electron chi connectivity index (χ3n) is 4.37. The van der Waals surface area contributed by atoms with Gasteiger partial charge in [-0.05, 0) is 25.8 Å². The molecular formula is C18H23N3O3. The van der Waals surface area contributed by atoms with Crippen LogP contribution in [0.25, 0.3) is 0 Å². The molecule has 0 radical (unpaired) electrons. The van der Waals surface area contributed by atoms with Crippen molar-refractivity contribution in [1.29, 1.82) is 0 Å². The zero-order chi connectivity index (χ0) is 17.1. The maximum absolute atomic E-state index is 12.8. The zero-order valence-electron chi connectivity index (χ0n) is 14.4. The maximum atomic E-state index is 12.8. The molecular weight excluding hydrogens is 306 g/mol. The molecule has 0 bridgehead atoms. The van der Waals surface area contributed by atoms with Gasteiger partial charge in [0, 0.05) is 37.0 Å². The van der Waals surface area contributed by atoms with E-state index in [4.69, 9.17) is 9.47 Å². The number of methoxy groups -OCH3 is 2. The lowest BCUT2D eigenvalue weighted by molar-refractivity contribution is -0.118. The highest BCUT2D eigenvalue weighted by molar-refractivity contribution is 5.96. The molecule has 1 aliphatic rings. The Balaban J connectivity index is 1.89. The quantitative estimate of drug-likeness (QED) is 0.845. The summed E-state index contributed by atoms with van der Waals surface area (Å²) in [6.45, 7) is 3.53. The molecule has 24 heavy (non-hydrogen) atoms. The van der Waals surface area contributed by atoms with Gasteiger partial charge in [-0.3, -0.25) is 9.48 Å². The zero-order valence-corrected chi connectivity index (χ0v) is 14.4. The van der Waals surface area contributed by atoms with Crippen molar-refractivity contribution in [3.05, 3.63) is 35.7 Å². The summed E-state index contributed by atoms with van der Waals surface area (Å²) in [6, 6.07) is 5.69. The SMILES string of the molecule is CCn1ccc(CC(=O)N2CCCc3c(OC)cc(OC)cc32)n1. The summed E-state index contributed by atoms with van der Waals surface area (Å²) >= 11 is 0. The number of amides is 1. The van der Waals surface area contributed by atoms with E-state index in [0.717, 1.165) is 42.1 Å². The lowest BCUT2D eigenvalue weighted by Gasteiger charge is -2.31. The fourth-order valence-corrected chi connectivity index (χ4v) is 3.12. The molecule has 128 valence electrons. The fraction of sp³-hybridized carbons (Fsp3) is 0.444. The highest BCUT2D eigenvalue weighted by Gasteiger charge is 2.26. The molecule has 0 atom stereocenters. The van der Waals surface area contributed by atoms with Gasteiger partial charge >= 0.3 is 0 Å². The van der Waals surface area contributed by atoms with Crippen molar-refractivity contribution in [3.8, 4) is 11.5 Å². The minimum Gasteiger partial charge on any atom is -0.497 e. The molecule has 0 fully saturated rings. The lowest BCUT2D eigenvalue weighted by Crippen LogP contribution is -2.36. The fourth-order valence-electron chi connectivity index (χ4n) is 3.12. The molecule has 0 N–H and O–H groups in total. The van der Waals surface area contributed by atoms with Gasteiger partial charge in [0.15, 0.2) is 0 Å². The molecule has 0 saturated carbocycles. The van der Waals surface area contributed by atoms with Crippen LogP contribution in [0.3, 0.4) is 0 Å². The number of fused-ring (bicyclic) bond motifs is 1. The lowest BCUT2D eigenvalue weighted by atomic mass is 9.99. The van der Waals surface area contributed by atoms with Crippen LogP contribution in [0.1, 0.15) is 24.6 Å². The predicted octanol–water partition coefficient (Wildman–Crippen LogP) is 2.44. The number of carbonyl (C=O) groups is 1. The topological polar surface area (TPSA) is 56.6 Å². The molecule has 1 aromatic carbocycles. The summed E-state index contributed by atoms with van der Waals surface area (Å²) in [5.41, 5.74) is 2.75. The first kappa shape index (κ1) is 16.4. The van der Waals surface area contributed by atoms with Crippen molar-refractivity contribution in [2.75, 3.05) is 25.7 Å². The average Bonchev–Trinajstić information content (AvgIpc) is 3.07. The van der Waals surface area contributed by atoms with Crippen LogP contribution in [0, 0.1) is 0 Å². The van der Waals surface area contributed by atoms with Gasteiger partial charge < -0.3 is 14.4 Å². The summed E-state index contributed by atoms with van der Waals surface area (Å²) in [7, 11) is 3.26. The second-order valence-electron chi connectivity index (χ2n) is 5.82. The molecule has 1 aliphatic heterocycles. The summed E-state index contributed by atoms with van der Waals surface area (Å²) in [5.74, 6) is 1.52. The van der Waals surface area contributed by atoms with Gasteiger partial charge in [-0.25, -0.2) is 0 Å². The van der Waals surface area contributed by atoms with Crippen LogP contribution in [0.5, 0.6) is 11.5 Å². The Morgan fingerprint density at radius 2 is 2.12 bits per heavy atom. The van der Waals surface area contributed by atoms with Gasteiger partial charge in [0.2, 0.25) is 5.91 Å². The Bertz CT molecular complexity index is 739. The van der Waals surface area contributed by atoms with Crippen LogP contribution < -0.4 is 14.4 Å². The molecule has 6 heteroatoms. The Morgan fingerprint density at radius 3 is 2.79 bits per heavy atom. The molecule has 1 aromatic heterocycles. The standard InChI is InChI=1S/C18H23N3O3/c1-4-20-9-7-13(19-20)10-18(22)21-8-5-6-15-16(21)11-14(23-2)12-17(15)24-3/h7,9,11-12H,4-6,8,10H2,1-3H3. The first-order valence-corrected chi connectivity index (χ1v) is 8.23. The van der Waals surface area contributed by atoms with Crippen molar-refractivity contribution < 1.29 is 14.3 Å². The van der Waals surface area contributed by atoms with E-state index in [1.54, 1.807) is 14.2 Å². The molecule has 0 spiro atoms. The average molecular weight is 329 g/mol. The van der Waals surface area contributed by atoms with Crippen LogP contribution in [-0.4, -0.2) is 36.5 Å². The molecule has 6 nitrogen and oxygen atoms in total. The smallest absolute Gasteiger partial charge is 0.233 e. The van der Waals surface area contributed by atoms with Gasteiger partial charge in [-0.2, -0.15) is 5.10 Å². The van der Waals surface area contributed by atoms with Crippen LogP contribution in [-0.2, 0) is 24.2 Å². The number of anilines is 1. The number of aryl methyl sites for hydroxylation is 1. The van der Waals surface area contributed by atoms with E-state index in [1.165, 1.54) is 0 Å². The van der Waals surface area contributed by atoms with E-state index in [9.17, 15) is 4.79 Å². The second kappa shape index (κ2) is 6.95. The Labute approximate surface area is 142 Å². The highest BCUT2D eigenvalue weighted by Crippen LogP contribution is 2.38. The molecule has 0 unspecified atom stereocenters. The summed E-state index contributed by atoms with van der Waals surface area (Å²) in [4.78, 5) is 14.7. The summed E-state index contributed by atoms with van der Waals surface area (Å²) in [6.07, 6.45) is 4.02. The van der Waals surface area contributed by atoms with E-state index in [2.05, 4.69) is 5.10 Å². The van der Waals surface area contributed by atoms with E-state index in [-0.39, 0.29) is 5.91 Å². The molecule has 2 heterocycles. The van der Waals surface area contributed by atoms with Gasteiger partial charge in [0.1, 0.15) is 11.5 Å². The van der Waals surface area contributed by atoms with Crippen molar-refractivity contribution in [2.24, 2.45) is 0 Å². The molecule has 0 aliphatic carbocycles. The predicted molar refractivity (Wildman–Crippen MR) is 91.8 cm³/mol. The van der Waals surface area contributed by atoms with E-state index in [1.807, 2.05) is 40.9 Å². The normalized spacial score (nSPS) is 13.5. The first-order valence-electron chi connectivity index (χ1n) is 8.23. The molecule has 1 amide bonds. The monoisotopic (exact) mass is 329 g/mol. The van der Waals surface area contributed by atoms with Gasteiger partial charge in [0.05, 0.1) is 32.0 Å². The number of aromatic nitrogens is 2. The summed E-state index contributed by atoms with van der Waals surface area (Å²) < 4.78 is 12.7. The number of rotatable bonds is 5. The number of benzene rings is 1. The number of carbonyl (C=O) groups excluding carboxylic acids is 1. The molecule has 3 rings (SSSR count). The van der Waals surface area contributed by atoms with Crippen molar-refractivity contribution in [3.63, 3.8) is 0 Å². The van der Waals surface area contributed by atoms with Gasteiger partial charge in [-0.1, -0.05) is 0 Å². The van der Waals surface area contributed by atoms with Gasteiger partial charge in [0.25, 0.3) is 0 Å². The van der Waals surface area contributed by atoms with Crippen LogP contribution in [0.2, 0.25) is 0 Å². The minimum atomic E-state index is 0.0487. The Hall–Kier alpha value is -2.50. The second-order valence-corrected chi connectivity index (χ2v) is 5.82. The number of nitrogens with zero attached hydrogens (tertiary/aromatic N) is 3. The third kappa shape index (κ3) is 3.09. The van der Waals surface area contributed by atoms with Crippen molar-refractivity contribution >= 4 is 11.6 Å². The number of hydrogen-bond donors (Lipinski definition) is 0. The largest absolute Gasteiger partial charge is 0.497 e. The first-order chi connectivity index (χ1) is 11.7. The molecule has 0 saturated heterocycles. The minimum absolute atomic E-state index is 0.0487. The van der Waals surface area contributed by atoms with E-state index >= 15 is 0 Å². The van der Waals surface area contributed by atoms with E-state index in [0.29, 0.717) is 18.7 Å². The van der Waals surface area contributed by atoms with Crippen LogP contribution in [0.15, 0.2) is 24.4 Å². The third-order valence-corrected chi connectivity index (χ3v) is 4.37. The Kier molecular flexibility index (Phi) is 4.74. The van der Waals surface area contributed by atoms with Crippen molar-refractivity contribution in [2.45, 2.75) is 32.7 Å². The Morgan fingerprint density at radius 1 is 1.29 bits per heavy atom. The van der Waals surface area contributed by atoms with E-state index < -0.39 is 0 Å². The highest BCUT2D eigenvalue weighted by atomic mass is 16.5. The maximum Gasteiger partial charge on any atom is 0.233 e.